The Morgan fingerprint density at radius 1 is 1.10 bits per heavy atom. The van der Waals surface area contributed by atoms with Crippen LogP contribution in [0, 0.1) is 0 Å². The topological polar surface area (TPSA) is 65.8 Å². The van der Waals surface area contributed by atoms with Gasteiger partial charge in [-0.05, 0) is 44.9 Å². The maximum atomic E-state index is 13.1. The number of benzene rings is 1. The molecule has 0 bridgehead atoms. The van der Waals surface area contributed by atoms with E-state index in [1.54, 1.807) is 23.3 Å². The molecule has 156 valence electrons. The van der Waals surface area contributed by atoms with Crippen LogP contribution in [-0.2, 0) is 17.8 Å². The van der Waals surface area contributed by atoms with Crippen LogP contribution < -0.4 is 5.32 Å². The Morgan fingerprint density at radius 2 is 1.83 bits per heavy atom. The molecule has 1 N–H and O–H groups in total. The SMILES string of the molecule is C=CCN(CC(=O)N(CCc1ccccc1)Cc1ccco1)C(=O)NC(C)(C)C. The van der Waals surface area contributed by atoms with Crippen LogP contribution in [0.25, 0.3) is 0 Å². The highest BCUT2D eigenvalue weighted by atomic mass is 16.3. The summed E-state index contributed by atoms with van der Waals surface area (Å²) in [6, 6.07) is 13.4. The Balaban J connectivity index is 2.08. The van der Waals surface area contributed by atoms with E-state index in [0.717, 1.165) is 12.0 Å². The average Bonchev–Trinajstić information content (AvgIpc) is 3.17. The standard InChI is InChI=1S/C23H31N3O3/c1-5-14-26(22(28)24-23(2,3)4)18-21(27)25(17-20-12-9-16-29-20)15-13-19-10-7-6-8-11-19/h5-12,16H,1,13-15,17-18H2,2-4H3,(H,24,28). The van der Waals surface area contributed by atoms with Crippen molar-refractivity contribution < 1.29 is 14.0 Å². The highest BCUT2D eigenvalue weighted by molar-refractivity contribution is 5.84. The Kier molecular flexibility index (Phi) is 8.07. The van der Waals surface area contributed by atoms with E-state index in [4.69, 9.17) is 4.42 Å². The van der Waals surface area contributed by atoms with Crippen LogP contribution in [0.5, 0.6) is 0 Å². The summed E-state index contributed by atoms with van der Waals surface area (Å²) in [5.41, 5.74) is 0.763. The summed E-state index contributed by atoms with van der Waals surface area (Å²) in [4.78, 5) is 28.9. The van der Waals surface area contributed by atoms with E-state index in [2.05, 4.69) is 11.9 Å². The monoisotopic (exact) mass is 397 g/mol. The number of amides is 3. The van der Waals surface area contributed by atoms with Gasteiger partial charge in [-0.2, -0.15) is 0 Å². The second-order valence-electron chi connectivity index (χ2n) is 7.98. The highest BCUT2D eigenvalue weighted by Crippen LogP contribution is 2.10. The summed E-state index contributed by atoms with van der Waals surface area (Å²) in [5.74, 6) is 0.573. The van der Waals surface area contributed by atoms with E-state index < -0.39 is 0 Å². The fourth-order valence-electron chi connectivity index (χ4n) is 2.83. The smallest absolute Gasteiger partial charge is 0.318 e. The van der Waals surface area contributed by atoms with Gasteiger partial charge in [0.05, 0.1) is 12.8 Å². The molecule has 0 aliphatic carbocycles. The summed E-state index contributed by atoms with van der Waals surface area (Å²) in [7, 11) is 0. The Hall–Kier alpha value is -3.02. The van der Waals surface area contributed by atoms with Crippen molar-refractivity contribution >= 4 is 11.9 Å². The summed E-state index contributed by atoms with van der Waals surface area (Å²) in [6.45, 7) is 10.6. The van der Waals surface area contributed by atoms with Gasteiger partial charge in [0.15, 0.2) is 0 Å². The van der Waals surface area contributed by atoms with E-state index >= 15 is 0 Å². The maximum absolute atomic E-state index is 13.1. The zero-order valence-corrected chi connectivity index (χ0v) is 17.6. The van der Waals surface area contributed by atoms with Crippen LogP contribution in [0.3, 0.4) is 0 Å². The normalized spacial score (nSPS) is 11.0. The molecule has 0 aliphatic rings. The van der Waals surface area contributed by atoms with Crippen LogP contribution in [0.15, 0.2) is 65.8 Å². The molecule has 0 aliphatic heterocycles. The average molecular weight is 398 g/mol. The fraction of sp³-hybridized carbons (Fsp3) is 0.391. The summed E-state index contributed by atoms with van der Waals surface area (Å²) in [6.07, 6.45) is 3.94. The molecule has 0 unspecified atom stereocenters. The largest absolute Gasteiger partial charge is 0.467 e. The summed E-state index contributed by atoms with van der Waals surface area (Å²) >= 11 is 0. The van der Waals surface area contributed by atoms with Crippen molar-refractivity contribution in [3.63, 3.8) is 0 Å². The number of urea groups is 1. The molecule has 29 heavy (non-hydrogen) atoms. The molecule has 0 spiro atoms. The first-order chi connectivity index (χ1) is 13.8. The van der Waals surface area contributed by atoms with Crippen molar-refractivity contribution in [3.8, 4) is 0 Å². The van der Waals surface area contributed by atoms with Crippen molar-refractivity contribution in [2.75, 3.05) is 19.6 Å². The molecule has 6 nitrogen and oxygen atoms in total. The lowest BCUT2D eigenvalue weighted by atomic mass is 10.1. The molecule has 2 rings (SSSR count). The van der Waals surface area contributed by atoms with Gasteiger partial charge in [0.25, 0.3) is 0 Å². The molecular weight excluding hydrogens is 366 g/mol. The minimum Gasteiger partial charge on any atom is -0.467 e. The molecule has 3 amide bonds. The van der Waals surface area contributed by atoms with Gasteiger partial charge in [-0.15, -0.1) is 6.58 Å². The van der Waals surface area contributed by atoms with E-state index in [1.165, 1.54) is 4.90 Å². The number of carbonyl (C=O) groups excluding carboxylic acids is 2. The van der Waals surface area contributed by atoms with Crippen molar-refractivity contribution in [1.82, 2.24) is 15.1 Å². The van der Waals surface area contributed by atoms with Crippen LogP contribution in [0.4, 0.5) is 4.79 Å². The molecular formula is C23H31N3O3. The Morgan fingerprint density at radius 3 is 2.41 bits per heavy atom. The number of hydrogen-bond donors (Lipinski definition) is 1. The van der Waals surface area contributed by atoms with E-state index in [9.17, 15) is 9.59 Å². The number of hydrogen-bond acceptors (Lipinski definition) is 3. The molecule has 1 aromatic carbocycles. The molecule has 0 saturated carbocycles. The zero-order valence-electron chi connectivity index (χ0n) is 17.6. The first-order valence-corrected chi connectivity index (χ1v) is 9.80. The third-order valence-corrected chi connectivity index (χ3v) is 4.24. The number of nitrogens with one attached hydrogen (secondary N) is 1. The Bertz CT molecular complexity index is 779. The molecule has 6 heteroatoms. The molecule has 0 radical (unpaired) electrons. The Labute approximate surface area is 173 Å². The third-order valence-electron chi connectivity index (χ3n) is 4.24. The van der Waals surface area contributed by atoms with Crippen molar-refractivity contribution in [1.29, 1.82) is 0 Å². The van der Waals surface area contributed by atoms with Gasteiger partial charge in [0.1, 0.15) is 12.3 Å². The summed E-state index contributed by atoms with van der Waals surface area (Å²) < 4.78 is 5.43. The van der Waals surface area contributed by atoms with Crippen LogP contribution >= 0.6 is 0 Å². The van der Waals surface area contributed by atoms with Gasteiger partial charge in [0.2, 0.25) is 5.91 Å². The maximum Gasteiger partial charge on any atom is 0.318 e. The van der Waals surface area contributed by atoms with Gasteiger partial charge < -0.3 is 19.5 Å². The lowest BCUT2D eigenvalue weighted by Crippen LogP contribution is -2.51. The van der Waals surface area contributed by atoms with Gasteiger partial charge >= 0.3 is 6.03 Å². The number of carbonyl (C=O) groups is 2. The molecule has 0 atom stereocenters. The van der Waals surface area contributed by atoms with E-state index in [0.29, 0.717) is 25.4 Å². The molecule has 0 fully saturated rings. The lowest BCUT2D eigenvalue weighted by molar-refractivity contribution is -0.132. The number of rotatable bonds is 9. The second kappa shape index (κ2) is 10.5. The first-order valence-electron chi connectivity index (χ1n) is 9.80. The highest BCUT2D eigenvalue weighted by Gasteiger charge is 2.24. The second-order valence-corrected chi connectivity index (χ2v) is 7.98. The van der Waals surface area contributed by atoms with Crippen LogP contribution in [-0.4, -0.2) is 46.9 Å². The van der Waals surface area contributed by atoms with Gasteiger partial charge in [0, 0.05) is 18.6 Å². The molecule has 1 heterocycles. The third kappa shape index (κ3) is 7.86. The van der Waals surface area contributed by atoms with Gasteiger partial charge in [-0.1, -0.05) is 36.4 Å². The number of furan rings is 1. The van der Waals surface area contributed by atoms with Crippen molar-refractivity contribution in [3.05, 3.63) is 72.7 Å². The van der Waals surface area contributed by atoms with Crippen LogP contribution in [0.2, 0.25) is 0 Å². The molecule has 1 aromatic heterocycles. The molecule has 0 saturated heterocycles. The van der Waals surface area contributed by atoms with Crippen molar-refractivity contribution in [2.24, 2.45) is 0 Å². The minimum absolute atomic E-state index is 0.0244. The van der Waals surface area contributed by atoms with E-state index in [1.807, 2.05) is 57.2 Å². The quantitative estimate of drug-likeness (QED) is 0.654. The fourth-order valence-corrected chi connectivity index (χ4v) is 2.83. The molecule has 2 aromatic rings. The minimum atomic E-state index is -0.388. The van der Waals surface area contributed by atoms with Gasteiger partial charge in [-0.3, -0.25) is 4.79 Å². The zero-order chi connectivity index (χ0) is 21.3. The first kappa shape index (κ1) is 22.3. The van der Waals surface area contributed by atoms with Gasteiger partial charge in [-0.25, -0.2) is 4.79 Å². The van der Waals surface area contributed by atoms with Crippen LogP contribution in [0.1, 0.15) is 32.1 Å². The number of nitrogens with zero attached hydrogens (tertiary/aromatic N) is 2. The predicted octanol–water partition coefficient (Wildman–Crippen LogP) is 3.85. The summed E-state index contributed by atoms with van der Waals surface area (Å²) in [5, 5.41) is 2.90. The van der Waals surface area contributed by atoms with E-state index in [-0.39, 0.29) is 24.0 Å². The van der Waals surface area contributed by atoms with Crippen molar-refractivity contribution in [2.45, 2.75) is 39.3 Å². The predicted molar refractivity (Wildman–Crippen MR) is 114 cm³/mol. The lowest BCUT2D eigenvalue weighted by Gasteiger charge is -2.29.